The lowest BCUT2D eigenvalue weighted by Gasteiger charge is -2.13. The molecule has 2 rings (SSSR count). The van der Waals surface area contributed by atoms with Gasteiger partial charge in [-0.1, -0.05) is 15.9 Å². The van der Waals surface area contributed by atoms with Gasteiger partial charge in [-0.15, -0.1) is 10.2 Å². The Morgan fingerprint density at radius 2 is 1.95 bits per heavy atom. The SMILES string of the molecule is COc1ccc(C(O)Cc2cc(Br)ccc2OC)nn1. The van der Waals surface area contributed by atoms with E-state index in [-0.39, 0.29) is 0 Å². The minimum Gasteiger partial charge on any atom is -0.496 e. The lowest BCUT2D eigenvalue weighted by molar-refractivity contribution is 0.171. The first-order valence-electron chi connectivity index (χ1n) is 6.02. The molecule has 20 heavy (non-hydrogen) atoms. The van der Waals surface area contributed by atoms with Crippen LogP contribution in [0.15, 0.2) is 34.8 Å². The third-order valence-electron chi connectivity index (χ3n) is 2.87. The van der Waals surface area contributed by atoms with Crippen LogP contribution in [-0.4, -0.2) is 29.5 Å². The van der Waals surface area contributed by atoms with Crippen LogP contribution < -0.4 is 9.47 Å². The van der Waals surface area contributed by atoms with Crippen LogP contribution in [0, 0.1) is 0 Å². The zero-order chi connectivity index (χ0) is 14.5. The van der Waals surface area contributed by atoms with Crippen molar-refractivity contribution in [1.29, 1.82) is 0 Å². The number of aromatic nitrogens is 2. The molecule has 0 radical (unpaired) electrons. The smallest absolute Gasteiger partial charge is 0.233 e. The fraction of sp³-hybridized carbons (Fsp3) is 0.286. The van der Waals surface area contributed by atoms with Crippen LogP contribution in [0.1, 0.15) is 17.4 Å². The zero-order valence-corrected chi connectivity index (χ0v) is 12.8. The van der Waals surface area contributed by atoms with Gasteiger partial charge in [0.05, 0.1) is 19.9 Å². The highest BCUT2D eigenvalue weighted by Crippen LogP contribution is 2.27. The van der Waals surface area contributed by atoms with Gasteiger partial charge >= 0.3 is 0 Å². The second-order valence-electron chi connectivity index (χ2n) is 4.18. The van der Waals surface area contributed by atoms with Crippen LogP contribution in [-0.2, 0) is 6.42 Å². The summed E-state index contributed by atoms with van der Waals surface area (Å²) in [6.45, 7) is 0. The molecule has 1 unspecified atom stereocenters. The molecule has 2 aromatic rings. The maximum absolute atomic E-state index is 10.2. The second kappa shape index (κ2) is 6.67. The highest BCUT2D eigenvalue weighted by Gasteiger charge is 2.14. The third kappa shape index (κ3) is 3.46. The molecule has 0 fully saturated rings. The maximum Gasteiger partial charge on any atom is 0.233 e. The van der Waals surface area contributed by atoms with E-state index in [0.29, 0.717) is 18.0 Å². The van der Waals surface area contributed by atoms with E-state index in [1.54, 1.807) is 19.2 Å². The summed E-state index contributed by atoms with van der Waals surface area (Å²) in [4.78, 5) is 0. The third-order valence-corrected chi connectivity index (χ3v) is 3.36. The monoisotopic (exact) mass is 338 g/mol. The summed E-state index contributed by atoms with van der Waals surface area (Å²) in [6, 6.07) is 9.03. The van der Waals surface area contributed by atoms with E-state index < -0.39 is 6.10 Å². The number of aliphatic hydroxyl groups excluding tert-OH is 1. The summed E-state index contributed by atoms with van der Waals surface area (Å²) in [5.41, 5.74) is 1.39. The van der Waals surface area contributed by atoms with Crippen molar-refractivity contribution < 1.29 is 14.6 Å². The predicted octanol–water partition coefficient (Wildman–Crippen LogP) is 2.53. The molecule has 5 nitrogen and oxygen atoms in total. The van der Waals surface area contributed by atoms with E-state index in [0.717, 1.165) is 15.8 Å². The molecule has 0 bridgehead atoms. The Hall–Kier alpha value is -1.66. The number of rotatable bonds is 5. The second-order valence-corrected chi connectivity index (χ2v) is 5.09. The summed E-state index contributed by atoms with van der Waals surface area (Å²) in [6.07, 6.45) is -0.361. The van der Waals surface area contributed by atoms with Crippen LogP contribution in [0.3, 0.4) is 0 Å². The van der Waals surface area contributed by atoms with Gasteiger partial charge in [-0.2, -0.15) is 0 Å². The Kier molecular flexibility index (Phi) is 4.92. The Balaban J connectivity index is 2.17. The van der Waals surface area contributed by atoms with Gasteiger partial charge in [-0.25, -0.2) is 0 Å². The van der Waals surface area contributed by atoms with Crippen molar-refractivity contribution in [2.75, 3.05) is 14.2 Å². The number of benzene rings is 1. The average molecular weight is 339 g/mol. The van der Waals surface area contributed by atoms with E-state index in [1.807, 2.05) is 18.2 Å². The molecule has 0 aliphatic heterocycles. The molecular formula is C14H15BrN2O3. The molecular weight excluding hydrogens is 324 g/mol. The maximum atomic E-state index is 10.2. The lowest BCUT2D eigenvalue weighted by Crippen LogP contribution is -2.06. The molecule has 1 aromatic heterocycles. The molecule has 106 valence electrons. The standard InChI is InChI=1S/C14H15BrN2O3/c1-19-13-5-3-10(15)7-9(13)8-12(18)11-4-6-14(20-2)17-16-11/h3-7,12,18H,8H2,1-2H3. The van der Waals surface area contributed by atoms with Crippen molar-refractivity contribution in [1.82, 2.24) is 10.2 Å². The van der Waals surface area contributed by atoms with E-state index in [1.165, 1.54) is 7.11 Å². The van der Waals surface area contributed by atoms with E-state index in [4.69, 9.17) is 9.47 Å². The number of aliphatic hydroxyl groups is 1. The fourth-order valence-corrected chi connectivity index (χ4v) is 2.24. The predicted molar refractivity (Wildman–Crippen MR) is 77.9 cm³/mol. The molecule has 1 heterocycles. The number of hydrogen-bond acceptors (Lipinski definition) is 5. The topological polar surface area (TPSA) is 64.5 Å². The molecule has 6 heteroatoms. The highest BCUT2D eigenvalue weighted by atomic mass is 79.9. The van der Waals surface area contributed by atoms with E-state index >= 15 is 0 Å². The molecule has 1 aromatic carbocycles. The zero-order valence-electron chi connectivity index (χ0n) is 11.2. The number of hydrogen-bond donors (Lipinski definition) is 1. The Labute approximate surface area is 125 Å². The highest BCUT2D eigenvalue weighted by molar-refractivity contribution is 9.10. The molecule has 0 amide bonds. The molecule has 0 spiro atoms. The number of halogens is 1. The van der Waals surface area contributed by atoms with Gasteiger partial charge in [0, 0.05) is 17.0 Å². The largest absolute Gasteiger partial charge is 0.496 e. The molecule has 0 aliphatic rings. The summed E-state index contributed by atoms with van der Waals surface area (Å²) in [5.74, 6) is 1.15. The normalized spacial score (nSPS) is 12.0. The van der Waals surface area contributed by atoms with Gasteiger partial charge in [-0.3, -0.25) is 0 Å². The van der Waals surface area contributed by atoms with Crippen LogP contribution in [0.2, 0.25) is 0 Å². The van der Waals surface area contributed by atoms with Crippen molar-refractivity contribution in [2.24, 2.45) is 0 Å². The number of nitrogens with zero attached hydrogens (tertiary/aromatic N) is 2. The summed E-state index contributed by atoms with van der Waals surface area (Å²) < 4.78 is 11.2. The van der Waals surface area contributed by atoms with E-state index in [9.17, 15) is 5.11 Å². The van der Waals surface area contributed by atoms with Crippen LogP contribution in [0.5, 0.6) is 11.6 Å². The molecule has 0 saturated carbocycles. The van der Waals surface area contributed by atoms with Gasteiger partial charge in [-0.05, 0) is 29.8 Å². The minimum atomic E-state index is -0.753. The molecule has 1 N–H and O–H groups in total. The van der Waals surface area contributed by atoms with Crippen molar-refractivity contribution in [3.8, 4) is 11.6 Å². The summed E-state index contributed by atoms with van der Waals surface area (Å²) in [5, 5.41) is 18.0. The first-order valence-corrected chi connectivity index (χ1v) is 6.81. The molecule has 0 aliphatic carbocycles. The van der Waals surface area contributed by atoms with Crippen LogP contribution in [0.25, 0.3) is 0 Å². The fourth-order valence-electron chi connectivity index (χ4n) is 1.84. The van der Waals surface area contributed by atoms with Crippen LogP contribution in [0.4, 0.5) is 0 Å². The van der Waals surface area contributed by atoms with Gasteiger partial charge in [0.15, 0.2) is 0 Å². The van der Waals surface area contributed by atoms with Gasteiger partial charge in [0.25, 0.3) is 0 Å². The minimum absolute atomic E-state index is 0.392. The number of ether oxygens (including phenoxy) is 2. The van der Waals surface area contributed by atoms with Gasteiger partial charge in [0.2, 0.25) is 5.88 Å². The first-order chi connectivity index (χ1) is 9.63. The van der Waals surface area contributed by atoms with Crippen molar-refractivity contribution >= 4 is 15.9 Å². The van der Waals surface area contributed by atoms with Gasteiger partial charge < -0.3 is 14.6 Å². The van der Waals surface area contributed by atoms with Crippen molar-refractivity contribution in [3.63, 3.8) is 0 Å². The van der Waals surface area contributed by atoms with E-state index in [2.05, 4.69) is 26.1 Å². The van der Waals surface area contributed by atoms with Crippen molar-refractivity contribution in [3.05, 3.63) is 46.1 Å². The Morgan fingerprint density at radius 3 is 2.55 bits per heavy atom. The summed E-state index contributed by atoms with van der Waals surface area (Å²) >= 11 is 3.41. The van der Waals surface area contributed by atoms with Gasteiger partial charge in [0.1, 0.15) is 11.9 Å². The Bertz CT molecular complexity index is 575. The van der Waals surface area contributed by atoms with Crippen molar-refractivity contribution in [2.45, 2.75) is 12.5 Å². The van der Waals surface area contributed by atoms with Crippen LogP contribution >= 0.6 is 15.9 Å². The Morgan fingerprint density at radius 1 is 1.15 bits per heavy atom. The summed E-state index contributed by atoms with van der Waals surface area (Å²) in [7, 11) is 3.12. The first kappa shape index (κ1) is 14.7. The molecule has 0 saturated heterocycles. The number of methoxy groups -OCH3 is 2. The average Bonchev–Trinajstić information content (AvgIpc) is 2.47. The lowest BCUT2D eigenvalue weighted by atomic mass is 10.0. The quantitative estimate of drug-likeness (QED) is 0.907. The molecule has 1 atom stereocenters.